The van der Waals surface area contributed by atoms with Gasteiger partial charge in [-0.15, -0.1) is 0 Å². The minimum atomic E-state index is -1.31. The van der Waals surface area contributed by atoms with Gasteiger partial charge in [-0.25, -0.2) is 18.2 Å². The van der Waals surface area contributed by atoms with E-state index in [9.17, 15) is 18.0 Å². The Hall–Kier alpha value is -3.36. The normalized spacial score (nSPS) is 18.5. The summed E-state index contributed by atoms with van der Waals surface area (Å²) in [5, 5.41) is 2.63. The number of nitrogens with one attached hydrogen (secondary N) is 1. The molecule has 0 saturated carbocycles. The van der Waals surface area contributed by atoms with E-state index in [1.165, 1.54) is 30.5 Å². The predicted molar refractivity (Wildman–Crippen MR) is 102 cm³/mol. The molecule has 3 rings (SSSR count). The van der Waals surface area contributed by atoms with E-state index in [2.05, 4.69) is 15.3 Å². The van der Waals surface area contributed by atoms with E-state index in [0.29, 0.717) is 11.1 Å². The quantitative estimate of drug-likeness (QED) is 0.796. The van der Waals surface area contributed by atoms with Crippen LogP contribution in [0, 0.1) is 12.7 Å². The van der Waals surface area contributed by atoms with Crippen LogP contribution in [-0.4, -0.2) is 23.6 Å². The van der Waals surface area contributed by atoms with Gasteiger partial charge >= 0.3 is 0 Å². The van der Waals surface area contributed by atoms with Crippen molar-refractivity contribution < 1.29 is 22.7 Å². The fourth-order valence-electron chi connectivity index (χ4n) is 3.09. The van der Waals surface area contributed by atoms with Crippen LogP contribution < -0.4 is 11.1 Å². The first-order valence-electron chi connectivity index (χ1n) is 8.69. The molecule has 0 bridgehead atoms. The van der Waals surface area contributed by atoms with Crippen molar-refractivity contribution in [1.29, 1.82) is 0 Å². The molecule has 1 aliphatic rings. The Morgan fingerprint density at radius 1 is 1.28 bits per heavy atom. The lowest BCUT2D eigenvalue weighted by molar-refractivity contribution is 0.102. The zero-order valence-electron chi connectivity index (χ0n) is 15.8. The number of benzene rings is 1. The Morgan fingerprint density at radius 2 is 2.03 bits per heavy atom. The predicted octanol–water partition coefficient (Wildman–Crippen LogP) is 3.66. The Morgan fingerprint density at radius 3 is 2.69 bits per heavy atom. The smallest absolute Gasteiger partial charge is 0.288 e. The topological polar surface area (TPSA) is 89.6 Å². The highest BCUT2D eigenvalue weighted by Gasteiger charge is 2.32. The molecule has 2 heterocycles. The number of halogens is 3. The van der Waals surface area contributed by atoms with E-state index in [0.717, 1.165) is 6.07 Å². The first kappa shape index (κ1) is 20.4. The monoisotopic (exact) mass is 404 g/mol. The molecular formula is C20H19F3N4O2. The van der Waals surface area contributed by atoms with Crippen LogP contribution in [0.5, 0.6) is 0 Å². The summed E-state index contributed by atoms with van der Waals surface area (Å²) < 4.78 is 45.3. The number of carbonyl (C=O) groups is 1. The average molecular weight is 404 g/mol. The SMILES string of the molecule is Cc1cc(CF)cnc1C(=O)Nc1ccc(F)c([C@]2(C)C=C(CF)OC(N)=N2)c1. The molecule has 0 aliphatic carbocycles. The second-order valence-electron chi connectivity index (χ2n) is 6.74. The molecule has 1 aliphatic heterocycles. The summed E-state index contributed by atoms with van der Waals surface area (Å²) in [6.07, 6.45) is 2.61. The minimum Gasteiger partial charge on any atom is -0.428 e. The summed E-state index contributed by atoms with van der Waals surface area (Å²) in [6.45, 7) is 1.57. The molecule has 29 heavy (non-hydrogen) atoms. The molecule has 0 radical (unpaired) electrons. The second-order valence-corrected chi connectivity index (χ2v) is 6.74. The van der Waals surface area contributed by atoms with Crippen LogP contribution in [-0.2, 0) is 17.0 Å². The van der Waals surface area contributed by atoms with Crippen LogP contribution in [0.2, 0.25) is 0 Å². The van der Waals surface area contributed by atoms with E-state index in [1.807, 2.05) is 0 Å². The minimum absolute atomic E-state index is 0.0740. The van der Waals surface area contributed by atoms with Crippen LogP contribution in [0.4, 0.5) is 18.9 Å². The molecule has 2 aromatic rings. The summed E-state index contributed by atoms with van der Waals surface area (Å²) in [7, 11) is 0. The molecule has 1 amide bonds. The zero-order chi connectivity index (χ0) is 21.2. The maximum Gasteiger partial charge on any atom is 0.288 e. The molecule has 0 spiro atoms. The van der Waals surface area contributed by atoms with Crippen molar-refractivity contribution in [3.8, 4) is 0 Å². The van der Waals surface area contributed by atoms with Crippen molar-refractivity contribution in [2.75, 3.05) is 12.0 Å². The largest absolute Gasteiger partial charge is 0.428 e. The number of ether oxygens (including phenoxy) is 1. The number of amides is 1. The molecule has 6 nitrogen and oxygen atoms in total. The van der Waals surface area contributed by atoms with E-state index in [1.54, 1.807) is 13.8 Å². The van der Waals surface area contributed by atoms with Crippen molar-refractivity contribution in [1.82, 2.24) is 4.98 Å². The first-order valence-corrected chi connectivity index (χ1v) is 8.69. The Kier molecular flexibility index (Phi) is 5.58. The van der Waals surface area contributed by atoms with Gasteiger partial charge in [0, 0.05) is 23.0 Å². The highest BCUT2D eigenvalue weighted by atomic mass is 19.1. The van der Waals surface area contributed by atoms with Gasteiger partial charge in [0.05, 0.1) is 0 Å². The molecule has 0 saturated heterocycles. The summed E-state index contributed by atoms with van der Waals surface area (Å²) in [5.41, 5.74) is 5.61. The third-order valence-corrected chi connectivity index (χ3v) is 4.43. The number of pyridine rings is 1. The number of aromatic nitrogens is 1. The molecule has 0 fully saturated rings. The van der Waals surface area contributed by atoms with E-state index >= 15 is 0 Å². The van der Waals surface area contributed by atoms with Crippen molar-refractivity contribution in [3.63, 3.8) is 0 Å². The Bertz CT molecular complexity index is 1020. The summed E-state index contributed by atoms with van der Waals surface area (Å²) in [6, 6.07) is 5.16. The number of hydrogen-bond donors (Lipinski definition) is 2. The van der Waals surface area contributed by atoms with Gasteiger partial charge in [0.25, 0.3) is 11.9 Å². The number of nitrogens with two attached hydrogens (primary N) is 1. The van der Waals surface area contributed by atoms with Gasteiger partial charge in [-0.05, 0) is 49.8 Å². The van der Waals surface area contributed by atoms with Crippen molar-refractivity contribution in [3.05, 3.63) is 70.5 Å². The molecular weight excluding hydrogens is 385 g/mol. The molecule has 1 aromatic carbocycles. The lowest BCUT2D eigenvalue weighted by atomic mass is 9.90. The standard InChI is InChI=1S/C20H19F3N4O2/c1-11-5-12(8-21)10-25-17(11)18(28)26-13-3-4-16(23)15(6-13)20(2)7-14(9-22)29-19(24)27-20/h3-7,10H,8-9H2,1-2H3,(H2,24,27)(H,26,28)/t20-/m0/s1. The number of nitrogens with zero attached hydrogens (tertiary/aromatic N) is 2. The summed E-state index contributed by atoms with van der Waals surface area (Å²) in [4.78, 5) is 20.6. The first-order chi connectivity index (χ1) is 13.8. The van der Waals surface area contributed by atoms with E-state index < -0.39 is 30.6 Å². The van der Waals surface area contributed by atoms with Gasteiger partial charge < -0.3 is 15.8 Å². The van der Waals surface area contributed by atoms with Crippen molar-refractivity contribution in [2.24, 2.45) is 10.7 Å². The maximum absolute atomic E-state index is 14.5. The van der Waals surface area contributed by atoms with Crippen LogP contribution in [0.3, 0.4) is 0 Å². The number of allylic oxidation sites excluding steroid dienone is 1. The van der Waals surface area contributed by atoms with Gasteiger partial charge in [-0.2, -0.15) is 0 Å². The highest BCUT2D eigenvalue weighted by Crippen LogP contribution is 2.35. The number of carbonyl (C=O) groups excluding carboxylic acids is 1. The number of alkyl halides is 2. The molecule has 9 heteroatoms. The lowest BCUT2D eigenvalue weighted by Gasteiger charge is -2.28. The van der Waals surface area contributed by atoms with Gasteiger partial charge in [-0.3, -0.25) is 9.78 Å². The highest BCUT2D eigenvalue weighted by molar-refractivity contribution is 6.03. The van der Waals surface area contributed by atoms with Crippen LogP contribution >= 0.6 is 0 Å². The summed E-state index contributed by atoms with van der Waals surface area (Å²) >= 11 is 0. The zero-order valence-corrected chi connectivity index (χ0v) is 15.8. The van der Waals surface area contributed by atoms with Gasteiger partial charge in [0.15, 0.2) is 0 Å². The van der Waals surface area contributed by atoms with Gasteiger partial charge in [0.1, 0.15) is 36.2 Å². The maximum atomic E-state index is 14.5. The summed E-state index contributed by atoms with van der Waals surface area (Å²) in [5.74, 6) is -1.23. The third-order valence-electron chi connectivity index (χ3n) is 4.43. The van der Waals surface area contributed by atoms with Crippen molar-refractivity contribution in [2.45, 2.75) is 26.1 Å². The van der Waals surface area contributed by atoms with Crippen LogP contribution in [0.25, 0.3) is 0 Å². The third kappa shape index (κ3) is 4.23. The number of aryl methyl sites for hydroxylation is 1. The Labute approximate surface area is 165 Å². The van der Waals surface area contributed by atoms with E-state index in [-0.39, 0.29) is 28.7 Å². The fourth-order valence-corrected chi connectivity index (χ4v) is 3.09. The molecule has 152 valence electrons. The van der Waals surface area contributed by atoms with E-state index in [4.69, 9.17) is 10.5 Å². The van der Waals surface area contributed by atoms with Gasteiger partial charge in [-0.1, -0.05) is 0 Å². The van der Waals surface area contributed by atoms with Crippen molar-refractivity contribution >= 4 is 17.6 Å². The molecule has 1 aromatic heterocycles. The number of aliphatic imine (C=N–C) groups is 1. The molecule has 0 unspecified atom stereocenters. The number of anilines is 1. The lowest BCUT2D eigenvalue weighted by Crippen LogP contribution is -2.31. The Balaban J connectivity index is 1.93. The van der Waals surface area contributed by atoms with Gasteiger partial charge in [0.2, 0.25) is 0 Å². The fraction of sp³-hybridized carbons (Fsp3) is 0.250. The second kappa shape index (κ2) is 7.94. The average Bonchev–Trinajstić information content (AvgIpc) is 2.68. The molecule has 3 N–H and O–H groups in total. The van der Waals surface area contributed by atoms with Crippen LogP contribution in [0.1, 0.15) is 34.1 Å². The number of hydrogen-bond acceptors (Lipinski definition) is 5. The van der Waals surface area contributed by atoms with Crippen LogP contribution in [0.15, 0.2) is 47.3 Å². The molecule has 1 atom stereocenters. The number of rotatable bonds is 5. The number of amidine groups is 1.